The molecule has 0 amide bonds. The Labute approximate surface area is 148 Å². The molecule has 0 saturated carbocycles. The highest BCUT2D eigenvalue weighted by atomic mass is 35.5. The fraction of sp³-hybridized carbons (Fsp3) is 0.143. The molecular weight excluding hydrogens is 302 g/mol. The lowest BCUT2D eigenvalue weighted by molar-refractivity contribution is 0.365. The molecule has 23 heavy (non-hydrogen) atoms. The second-order valence-electron chi connectivity index (χ2n) is 5.33. The number of hydrogen-bond donors (Lipinski definition) is 0. The third kappa shape index (κ3) is 4.69. The summed E-state index contributed by atoms with van der Waals surface area (Å²) in [5.74, 6) is 0. The van der Waals surface area contributed by atoms with Crippen molar-refractivity contribution in [2.24, 2.45) is 0 Å². The highest BCUT2D eigenvalue weighted by Crippen LogP contribution is 2.19. The van der Waals surface area contributed by atoms with E-state index >= 15 is 0 Å². The van der Waals surface area contributed by atoms with Gasteiger partial charge in [-0.1, -0.05) is 84.9 Å². The molecule has 0 unspecified atom stereocenters. The van der Waals surface area contributed by atoms with Crippen LogP contribution >= 0.6 is 12.4 Å². The molecule has 0 spiro atoms. The number of hydrogen-bond acceptors (Lipinski definition) is 1. The molecule has 0 saturated heterocycles. The normalized spacial score (nSPS) is 13.5. The van der Waals surface area contributed by atoms with Crippen molar-refractivity contribution < 1.29 is 4.11 Å². The minimum atomic E-state index is -2.14. The summed E-state index contributed by atoms with van der Waals surface area (Å²) in [6.45, 7) is -1.39. The second kappa shape index (κ2) is 8.52. The fourth-order valence-electron chi connectivity index (χ4n) is 2.58. The first kappa shape index (κ1) is 13.4. The molecule has 0 aliphatic carbocycles. The van der Waals surface area contributed by atoms with Crippen molar-refractivity contribution in [1.82, 2.24) is 4.90 Å². The minimum Gasteiger partial charge on any atom is -0.298 e. The van der Waals surface area contributed by atoms with E-state index in [2.05, 4.69) is 0 Å². The lowest BCUT2D eigenvalue weighted by Gasteiger charge is -2.16. The first-order chi connectivity index (χ1) is 12.0. The van der Waals surface area contributed by atoms with Crippen molar-refractivity contribution in [2.75, 3.05) is 13.5 Å². The maximum atomic E-state index is 7.85. The van der Waals surface area contributed by atoms with Crippen molar-refractivity contribution in [3.8, 4) is 0 Å². The number of halogens is 1. The molecule has 2 heteroatoms. The summed E-state index contributed by atoms with van der Waals surface area (Å²) in [7, 11) is 0. The van der Waals surface area contributed by atoms with Gasteiger partial charge in [-0.05, 0) is 28.9 Å². The first-order valence-electron chi connectivity index (χ1n) is 8.97. The van der Waals surface area contributed by atoms with Crippen LogP contribution in [0.4, 0.5) is 0 Å². The summed E-state index contributed by atoms with van der Waals surface area (Å²) in [4.78, 5) is 1.52. The van der Waals surface area contributed by atoms with Gasteiger partial charge in [-0.2, -0.15) is 0 Å². The Bertz CT molecular complexity index is 855. The summed E-state index contributed by atoms with van der Waals surface area (Å²) in [6.07, 6.45) is 3.87. The van der Waals surface area contributed by atoms with Gasteiger partial charge in [0, 0.05) is 17.2 Å². The molecule has 0 bridgehead atoms. The zero-order chi connectivity index (χ0) is 17.7. The van der Waals surface area contributed by atoms with E-state index in [1.165, 1.54) is 4.90 Å². The van der Waals surface area contributed by atoms with Crippen molar-refractivity contribution >= 4 is 29.3 Å². The smallest absolute Gasteiger partial charge is 0.0394 e. The van der Waals surface area contributed by atoms with Gasteiger partial charge in [0.15, 0.2) is 0 Å². The third-order valence-electron chi connectivity index (χ3n) is 3.68. The summed E-state index contributed by atoms with van der Waals surface area (Å²) < 4.78 is 23.6. The predicted octanol–water partition coefficient (Wildman–Crippen LogP) is 5.41. The Morgan fingerprint density at radius 1 is 0.913 bits per heavy atom. The predicted molar refractivity (Wildman–Crippen MR) is 103 cm³/mol. The number of benzene rings is 3. The van der Waals surface area contributed by atoms with E-state index in [0.29, 0.717) is 13.1 Å². The van der Waals surface area contributed by atoms with E-state index in [1.54, 1.807) is 0 Å². The van der Waals surface area contributed by atoms with Gasteiger partial charge in [0.2, 0.25) is 0 Å². The molecule has 0 N–H and O–H groups in total. The van der Waals surface area contributed by atoms with Gasteiger partial charge in [0.05, 0.1) is 0 Å². The number of nitrogens with zero attached hydrogens (tertiary/aromatic N) is 1. The van der Waals surface area contributed by atoms with Crippen LogP contribution in [0.3, 0.4) is 0 Å². The fourth-order valence-corrected chi connectivity index (χ4v) is 2.58. The molecule has 0 aliphatic rings. The molecule has 1 nitrogen and oxygen atoms in total. The van der Waals surface area contributed by atoms with Gasteiger partial charge in [-0.15, -0.1) is 12.4 Å². The Morgan fingerprint density at radius 3 is 2.48 bits per heavy atom. The van der Waals surface area contributed by atoms with Gasteiger partial charge in [-0.3, -0.25) is 4.90 Å². The van der Waals surface area contributed by atoms with Crippen molar-refractivity contribution in [3.05, 3.63) is 90.0 Å². The van der Waals surface area contributed by atoms with Gasteiger partial charge < -0.3 is 0 Å². The van der Waals surface area contributed by atoms with Crippen LogP contribution in [-0.4, -0.2) is 18.4 Å². The summed E-state index contributed by atoms with van der Waals surface area (Å²) in [5, 5.41) is 2.23. The van der Waals surface area contributed by atoms with Crippen LogP contribution < -0.4 is 0 Å². The van der Waals surface area contributed by atoms with Crippen LogP contribution in [0.25, 0.3) is 16.8 Å². The van der Waals surface area contributed by atoms with Crippen LogP contribution in [0.1, 0.15) is 15.2 Å². The lowest BCUT2D eigenvalue weighted by Crippen LogP contribution is -2.17. The topological polar surface area (TPSA) is 3.24 Å². The summed E-state index contributed by atoms with van der Waals surface area (Å²) in [6, 6.07) is 24.0. The van der Waals surface area contributed by atoms with E-state index in [4.69, 9.17) is 4.11 Å². The van der Waals surface area contributed by atoms with Crippen LogP contribution in [-0.2, 0) is 6.54 Å². The third-order valence-corrected chi connectivity index (χ3v) is 3.68. The van der Waals surface area contributed by atoms with Gasteiger partial charge >= 0.3 is 0 Å². The lowest BCUT2D eigenvalue weighted by atomic mass is 10.0. The van der Waals surface area contributed by atoms with Crippen molar-refractivity contribution in [2.45, 2.75) is 6.54 Å². The molecule has 3 aromatic rings. The van der Waals surface area contributed by atoms with E-state index < -0.39 is 6.98 Å². The molecule has 3 aromatic carbocycles. The van der Waals surface area contributed by atoms with E-state index in [1.807, 2.05) is 84.9 Å². The van der Waals surface area contributed by atoms with Crippen LogP contribution in [0.5, 0.6) is 0 Å². The zero-order valence-electron chi connectivity index (χ0n) is 15.9. The molecule has 118 valence electrons. The summed E-state index contributed by atoms with van der Waals surface area (Å²) in [5.41, 5.74) is 2.10. The summed E-state index contributed by atoms with van der Waals surface area (Å²) >= 11 is 0. The average Bonchev–Trinajstić information content (AvgIpc) is 2.61. The van der Waals surface area contributed by atoms with E-state index in [0.717, 1.165) is 21.9 Å². The molecule has 0 aromatic heterocycles. The molecule has 0 aliphatic heterocycles. The maximum absolute atomic E-state index is 7.85. The van der Waals surface area contributed by atoms with Crippen molar-refractivity contribution in [1.29, 1.82) is 0 Å². The minimum absolute atomic E-state index is 0. The van der Waals surface area contributed by atoms with Gasteiger partial charge in [-0.25, -0.2) is 0 Å². The molecule has 0 atom stereocenters. The molecule has 0 heterocycles. The van der Waals surface area contributed by atoms with E-state index in [9.17, 15) is 0 Å². The highest BCUT2D eigenvalue weighted by molar-refractivity contribution is 5.86. The van der Waals surface area contributed by atoms with Crippen LogP contribution in [0.2, 0.25) is 0 Å². The molecule has 0 radical (unpaired) electrons. The molecule has 3 rings (SSSR count). The van der Waals surface area contributed by atoms with Gasteiger partial charge in [0.1, 0.15) is 0 Å². The second-order valence-corrected chi connectivity index (χ2v) is 5.33. The first-order valence-corrected chi connectivity index (χ1v) is 7.47. The number of rotatable bonds is 5. The largest absolute Gasteiger partial charge is 0.298 e. The highest BCUT2D eigenvalue weighted by Gasteiger charge is 2.03. The number of fused-ring (bicyclic) bond motifs is 1. The van der Waals surface area contributed by atoms with Crippen molar-refractivity contribution in [3.63, 3.8) is 0 Å². The Balaban J connectivity index is 0.00000243. The molecular formula is C21H22ClN. The Hall–Kier alpha value is -2.09. The van der Waals surface area contributed by atoms with E-state index in [-0.39, 0.29) is 12.4 Å². The van der Waals surface area contributed by atoms with Gasteiger partial charge in [0.25, 0.3) is 0 Å². The quantitative estimate of drug-likeness (QED) is 0.606. The average molecular weight is 327 g/mol. The zero-order valence-corrected chi connectivity index (χ0v) is 13.7. The van der Waals surface area contributed by atoms with Crippen LogP contribution in [0.15, 0.2) is 78.9 Å². The van der Waals surface area contributed by atoms with Crippen LogP contribution in [0, 0.1) is 0 Å². The Kier molecular flexibility index (Phi) is 4.95. The maximum Gasteiger partial charge on any atom is 0.0394 e. The monoisotopic (exact) mass is 326 g/mol. The Morgan fingerprint density at radius 2 is 1.65 bits per heavy atom. The standard InChI is InChI=1S/C21H21N.ClH/c1-22(16-8-11-18-9-3-2-4-10-18)17-20-14-7-13-19-12-5-6-15-21(19)20;/h2-15H,16-17H2,1H3;1H/b11-8+;/i1D3;. The SMILES string of the molecule is Cl.[2H]C([2H])([2H])N(C/C=C/c1ccccc1)Cc1cccc2ccccc12. The number of likely N-dealkylation sites (N-methyl/N-ethyl adjacent to an activating group) is 1. The molecule has 0 fully saturated rings.